The zero-order valence-electron chi connectivity index (χ0n) is 15.0. The lowest BCUT2D eigenvalue weighted by molar-refractivity contribution is -0.114. The highest BCUT2D eigenvalue weighted by atomic mass is 35.5. The maximum absolute atomic E-state index is 12.1. The van der Waals surface area contributed by atoms with Crippen LogP contribution in [0.3, 0.4) is 0 Å². The summed E-state index contributed by atoms with van der Waals surface area (Å²) in [5.74, 6) is 0.212. The highest BCUT2D eigenvalue weighted by Crippen LogP contribution is 2.32. The first-order valence-electron chi connectivity index (χ1n) is 8.19. The fraction of sp³-hybridized carbons (Fsp3) is 0.263. The third-order valence-corrected chi connectivity index (χ3v) is 3.81. The summed E-state index contributed by atoms with van der Waals surface area (Å²) in [6, 6.07) is 12.1. The van der Waals surface area contributed by atoms with Crippen LogP contribution in [0.25, 0.3) is 0 Å². The van der Waals surface area contributed by atoms with E-state index in [2.05, 4.69) is 10.6 Å². The Morgan fingerprint density at radius 1 is 1.12 bits per heavy atom. The van der Waals surface area contributed by atoms with Gasteiger partial charge in [0, 0.05) is 25.3 Å². The number of rotatable bonds is 7. The van der Waals surface area contributed by atoms with Gasteiger partial charge in [-0.25, -0.2) is 0 Å². The van der Waals surface area contributed by atoms with Crippen LogP contribution in [0.4, 0.5) is 11.4 Å². The summed E-state index contributed by atoms with van der Waals surface area (Å²) >= 11 is 6.12. The molecule has 0 saturated carbocycles. The standard InChI is InChI=1S/C19H22ClN3O3/c1-4-26-18-15(20)6-5-7-16(18)21-12-17(24)22-14-10-8-13(9-11-14)19(25)23(2)3/h5-11,21H,4,12H2,1-3H3,(H,22,24). The zero-order chi connectivity index (χ0) is 19.1. The molecule has 2 amide bonds. The smallest absolute Gasteiger partial charge is 0.253 e. The van der Waals surface area contributed by atoms with Crippen LogP contribution in [0.15, 0.2) is 42.5 Å². The second-order valence-electron chi connectivity index (χ2n) is 5.73. The van der Waals surface area contributed by atoms with Gasteiger partial charge in [-0.1, -0.05) is 17.7 Å². The van der Waals surface area contributed by atoms with Crippen LogP contribution < -0.4 is 15.4 Å². The lowest BCUT2D eigenvalue weighted by Gasteiger charge is -2.14. The van der Waals surface area contributed by atoms with Gasteiger partial charge in [-0.05, 0) is 43.3 Å². The van der Waals surface area contributed by atoms with E-state index in [1.807, 2.05) is 6.92 Å². The van der Waals surface area contributed by atoms with Gasteiger partial charge in [-0.15, -0.1) is 0 Å². The van der Waals surface area contributed by atoms with Crippen LogP contribution in [0.5, 0.6) is 5.75 Å². The van der Waals surface area contributed by atoms with Crippen molar-refractivity contribution < 1.29 is 14.3 Å². The summed E-state index contributed by atoms with van der Waals surface area (Å²) in [7, 11) is 3.38. The Labute approximate surface area is 158 Å². The molecule has 26 heavy (non-hydrogen) atoms. The second-order valence-corrected chi connectivity index (χ2v) is 6.14. The minimum absolute atomic E-state index is 0.0544. The van der Waals surface area contributed by atoms with E-state index >= 15 is 0 Å². The van der Waals surface area contributed by atoms with E-state index in [1.165, 1.54) is 4.90 Å². The largest absolute Gasteiger partial charge is 0.490 e. The van der Waals surface area contributed by atoms with Crippen LogP contribution in [-0.4, -0.2) is 44.0 Å². The van der Waals surface area contributed by atoms with Crippen molar-refractivity contribution in [3.8, 4) is 5.75 Å². The number of anilines is 2. The van der Waals surface area contributed by atoms with Crippen LogP contribution in [0.1, 0.15) is 17.3 Å². The molecule has 2 rings (SSSR count). The normalized spacial score (nSPS) is 10.2. The van der Waals surface area contributed by atoms with E-state index in [-0.39, 0.29) is 18.4 Å². The third-order valence-electron chi connectivity index (χ3n) is 3.52. The molecule has 2 N–H and O–H groups in total. The predicted molar refractivity (Wildman–Crippen MR) is 104 cm³/mol. The Morgan fingerprint density at radius 3 is 2.42 bits per heavy atom. The molecule has 2 aromatic carbocycles. The monoisotopic (exact) mass is 375 g/mol. The summed E-state index contributed by atoms with van der Waals surface area (Å²) in [4.78, 5) is 25.5. The zero-order valence-corrected chi connectivity index (χ0v) is 15.8. The molecule has 138 valence electrons. The quantitative estimate of drug-likeness (QED) is 0.777. The maximum atomic E-state index is 12.1. The summed E-state index contributed by atoms with van der Waals surface area (Å²) in [5, 5.41) is 6.28. The molecule has 0 fully saturated rings. The number of halogens is 1. The molecule has 2 aromatic rings. The fourth-order valence-electron chi connectivity index (χ4n) is 2.27. The molecular formula is C19H22ClN3O3. The van der Waals surface area contributed by atoms with Gasteiger partial charge in [0.2, 0.25) is 5.91 Å². The molecule has 0 aliphatic rings. The molecule has 0 aromatic heterocycles. The Bertz CT molecular complexity index is 776. The number of nitrogens with zero attached hydrogens (tertiary/aromatic N) is 1. The third kappa shape index (κ3) is 5.13. The fourth-order valence-corrected chi connectivity index (χ4v) is 2.50. The van der Waals surface area contributed by atoms with E-state index < -0.39 is 0 Å². The molecule has 7 heteroatoms. The van der Waals surface area contributed by atoms with Crippen molar-refractivity contribution in [3.05, 3.63) is 53.1 Å². The summed E-state index contributed by atoms with van der Waals surface area (Å²) < 4.78 is 5.51. The van der Waals surface area contributed by atoms with Crippen molar-refractivity contribution in [1.82, 2.24) is 4.90 Å². The van der Waals surface area contributed by atoms with Gasteiger partial charge in [0.05, 0.1) is 23.9 Å². The van der Waals surface area contributed by atoms with Crippen molar-refractivity contribution in [3.63, 3.8) is 0 Å². The van der Waals surface area contributed by atoms with Gasteiger partial charge >= 0.3 is 0 Å². The number of nitrogens with one attached hydrogen (secondary N) is 2. The molecule has 0 bridgehead atoms. The van der Waals surface area contributed by atoms with Crippen molar-refractivity contribution in [1.29, 1.82) is 0 Å². The lowest BCUT2D eigenvalue weighted by atomic mass is 10.2. The average Bonchev–Trinajstić information content (AvgIpc) is 2.62. The average molecular weight is 376 g/mol. The van der Waals surface area contributed by atoms with Crippen molar-refractivity contribution in [2.75, 3.05) is 37.9 Å². The van der Waals surface area contributed by atoms with Gasteiger partial charge in [-0.2, -0.15) is 0 Å². The van der Waals surface area contributed by atoms with Gasteiger partial charge in [0.1, 0.15) is 0 Å². The number of benzene rings is 2. The minimum Gasteiger partial charge on any atom is -0.490 e. The van der Waals surface area contributed by atoms with E-state index in [9.17, 15) is 9.59 Å². The molecule has 0 aliphatic carbocycles. The molecule has 0 heterocycles. The Kier molecular flexibility index (Phi) is 6.86. The number of carbonyl (C=O) groups excluding carboxylic acids is 2. The predicted octanol–water partition coefficient (Wildman–Crippen LogP) is 3.49. The number of para-hydroxylation sites is 1. The van der Waals surface area contributed by atoms with Crippen LogP contribution in [0, 0.1) is 0 Å². The Hall–Kier alpha value is -2.73. The minimum atomic E-state index is -0.223. The second kappa shape index (κ2) is 9.10. The number of ether oxygens (including phenoxy) is 1. The number of carbonyl (C=O) groups is 2. The van der Waals surface area contributed by atoms with Gasteiger partial charge in [0.15, 0.2) is 5.75 Å². The molecule has 0 unspecified atom stereocenters. The van der Waals surface area contributed by atoms with Crippen molar-refractivity contribution >= 4 is 34.8 Å². The molecular weight excluding hydrogens is 354 g/mol. The summed E-state index contributed by atoms with van der Waals surface area (Å²) in [6.45, 7) is 2.39. The summed E-state index contributed by atoms with van der Waals surface area (Å²) in [5.41, 5.74) is 1.83. The molecule has 6 nitrogen and oxygen atoms in total. The summed E-state index contributed by atoms with van der Waals surface area (Å²) in [6.07, 6.45) is 0. The number of amides is 2. The Balaban J connectivity index is 1.95. The molecule has 0 aliphatic heterocycles. The maximum Gasteiger partial charge on any atom is 0.253 e. The first-order chi connectivity index (χ1) is 12.4. The first-order valence-corrected chi connectivity index (χ1v) is 8.57. The van der Waals surface area contributed by atoms with Crippen LogP contribution in [0.2, 0.25) is 5.02 Å². The molecule has 0 spiro atoms. The highest BCUT2D eigenvalue weighted by Gasteiger charge is 2.11. The van der Waals surface area contributed by atoms with E-state index in [0.29, 0.717) is 34.3 Å². The van der Waals surface area contributed by atoms with Crippen LogP contribution >= 0.6 is 11.6 Å². The Morgan fingerprint density at radius 2 is 1.81 bits per heavy atom. The van der Waals surface area contributed by atoms with E-state index in [4.69, 9.17) is 16.3 Å². The van der Waals surface area contributed by atoms with E-state index in [0.717, 1.165) is 0 Å². The SMILES string of the molecule is CCOc1c(Cl)cccc1NCC(=O)Nc1ccc(C(=O)N(C)C)cc1. The number of hydrogen-bond acceptors (Lipinski definition) is 4. The van der Waals surface area contributed by atoms with Crippen LogP contribution in [-0.2, 0) is 4.79 Å². The van der Waals surface area contributed by atoms with Gasteiger partial charge in [0.25, 0.3) is 5.91 Å². The highest BCUT2D eigenvalue weighted by molar-refractivity contribution is 6.32. The van der Waals surface area contributed by atoms with Gasteiger partial charge in [-0.3, -0.25) is 9.59 Å². The molecule has 0 radical (unpaired) electrons. The van der Waals surface area contributed by atoms with Crippen molar-refractivity contribution in [2.24, 2.45) is 0 Å². The van der Waals surface area contributed by atoms with Crippen molar-refractivity contribution in [2.45, 2.75) is 6.92 Å². The molecule has 0 atom stereocenters. The van der Waals surface area contributed by atoms with E-state index in [1.54, 1.807) is 56.6 Å². The lowest BCUT2D eigenvalue weighted by Crippen LogP contribution is -2.23. The van der Waals surface area contributed by atoms with Gasteiger partial charge < -0.3 is 20.3 Å². The number of hydrogen-bond donors (Lipinski definition) is 2. The topological polar surface area (TPSA) is 70.7 Å². The molecule has 0 saturated heterocycles. The first kappa shape index (κ1) is 19.6.